The molecule has 3 heteroatoms. The summed E-state index contributed by atoms with van der Waals surface area (Å²) in [5.41, 5.74) is 0. The van der Waals surface area contributed by atoms with Crippen LogP contribution in [0.25, 0.3) is 0 Å². The zero-order valence-corrected chi connectivity index (χ0v) is 8.28. The van der Waals surface area contributed by atoms with Crippen LogP contribution in [-0.2, 0) is 9.53 Å². The smallest absolute Gasteiger partial charge is 0.305 e. The van der Waals surface area contributed by atoms with E-state index in [0.29, 0.717) is 13.0 Å². The Morgan fingerprint density at radius 1 is 1.55 bits per heavy atom. The molecule has 0 spiro atoms. The Balaban J connectivity index is 3.35. The molecule has 0 bridgehead atoms. The monoisotopic (exact) mass is 176 g/mol. The predicted molar refractivity (Wildman–Crippen MR) is 48.9 cm³/mol. The lowest BCUT2D eigenvalue weighted by atomic mass is 10.1. The van der Waals surface area contributed by atoms with Gasteiger partial charge in [0.2, 0.25) is 0 Å². The Morgan fingerprint density at radius 2 is 2.09 bits per heavy atom. The fourth-order valence-corrected chi connectivity index (χ4v) is 0.608. The lowest BCUT2D eigenvalue weighted by Gasteiger charge is -2.16. The van der Waals surface area contributed by atoms with Gasteiger partial charge in [-0.1, -0.05) is 20.8 Å². The molecule has 0 aliphatic carbocycles. The van der Waals surface area contributed by atoms with Crippen molar-refractivity contribution in [2.75, 3.05) is 6.61 Å². The van der Waals surface area contributed by atoms with Gasteiger partial charge in [-0.25, -0.2) is 0 Å². The number of thiol groups is 1. The molecule has 2 nitrogen and oxygen atoms in total. The van der Waals surface area contributed by atoms with E-state index in [2.05, 4.69) is 12.6 Å². The first-order valence-electron chi connectivity index (χ1n) is 3.83. The molecule has 0 heterocycles. The van der Waals surface area contributed by atoms with Crippen molar-refractivity contribution in [3.05, 3.63) is 0 Å². The lowest BCUT2D eigenvalue weighted by molar-refractivity contribution is -0.143. The van der Waals surface area contributed by atoms with Crippen molar-refractivity contribution in [3.63, 3.8) is 0 Å². The van der Waals surface area contributed by atoms with E-state index in [4.69, 9.17) is 4.74 Å². The third kappa shape index (κ3) is 7.72. The van der Waals surface area contributed by atoms with Crippen LogP contribution in [0.4, 0.5) is 0 Å². The molecule has 0 aromatic carbocycles. The van der Waals surface area contributed by atoms with Crippen LogP contribution >= 0.6 is 12.6 Å². The summed E-state index contributed by atoms with van der Waals surface area (Å²) in [7, 11) is 0. The number of hydrogen-bond donors (Lipinski definition) is 1. The highest BCUT2D eigenvalue weighted by Gasteiger charge is 2.11. The number of carbonyl (C=O) groups excluding carboxylic acids is 1. The molecule has 0 radical (unpaired) electrons. The molecule has 0 atom stereocenters. The highest BCUT2D eigenvalue weighted by molar-refractivity contribution is 7.81. The van der Waals surface area contributed by atoms with Crippen LogP contribution in [0.1, 0.15) is 33.6 Å². The van der Waals surface area contributed by atoms with E-state index in [0.717, 1.165) is 6.42 Å². The molecular formula is C8H16O2S. The van der Waals surface area contributed by atoms with Gasteiger partial charge in [0.15, 0.2) is 0 Å². The van der Waals surface area contributed by atoms with Gasteiger partial charge in [0, 0.05) is 11.2 Å². The third-order valence-electron chi connectivity index (χ3n) is 1.27. The van der Waals surface area contributed by atoms with Crippen LogP contribution in [0.3, 0.4) is 0 Å². The van der Waals surface area contributed by atoms with Gasteiger partial charge in [-0.05, 0) is 6.42 Å². The predicted octanol–water partition coefficient (Wildman–Crippen LogP) is 2.04. The number of hydrogen-bond acceptors (Lipinski definition) is 3. The molecule has 0 amide bonds. The van der Waals surface area contributed by atoms with E-state index in [-0.39, 0.29) is 10.7 Å². The summed E-state index contributed by atoms with van der Waals surface area (Å²) in [6.45, 7) is 6.25. The van der Waals surface area contributed by atoms with Gasteiger partial charge >= 0.3 is 5.97 Å². The molecule has 0 aliphatic rings. The first kappa shape index (κ1) is 10.8. The Bertz CT molecular complexity index is 127. The van der Waals surface area contributed by atoms with Crippen LogP contribution in [0.15, 0.2) is 0 Å². The maximum absolute atomic E-state index is 10.7. The third-order valence-corrected chi connectivity index (χ3v) is 1.49. The summed E-state index contributed by atoms with van der Waals surface area (Å²) in [5.74, 6) is -0.136. The van der Waals surface area contributed by atoms with Crippen LogP contribution in [0.5, 0.6) is 0 Å². The zero-order valence-electron chi connectivity index (χ0n) is 7.39. The van der Waals surface area contributed by atoms with Crippen LogP contribution < -0.4 is 0 Å². The Labute approximate surface area is 73.7 Å². The first-order valence-corrected chi connectivity index (χ1v) is 4.28. The standard InChI is InChI=1S/C8H16O2S/c1-4-7(9)10-6-5-8(2,3)11/h11H,4-6H2,1-3H3. The Morgan fingerprint density at radius 3 is 2.45 bits per heavy atom. The van der Waals surface area contributed by atoms with E-state index >= 15 is 0 Å². The molecule has 0 fully saturated rings. The van der Waals surface area contributed by atoms with Crippen molar-refractivity contribution in [1.82, 2.24) is 0 Å². The van der Waals surface area contributed by atoms with Gasteiger partial charge in [-0.3, -0.25) is 4.79 Å². The largest absolute Gasteiger partial charge is 0.466 e. The fraction of sp³-hybridized carbons (Fsp3) is 0.875. The second-order valence-corrected chi connectivity index (χ2v) is 4.35. The van der Waals surface area contributed by atoms with Gasteiger partial charge < -0.3 is 4.74 Å². The first-order chi connectivity index (χ1) is 4.95. The Kier molecular flexibility index (Phi) is 4.57. The summed E-state index contributed by atoms with van der Waals surface area (Å²) in [6, 6.07) is 0. The van der Waals surface area contributed by atoms with Gasteiger partial charge in [0.05, 0.1) is 6.61 Å². The SMILES string of the molecule is CCC(=O)OCCC(C)(C)S. The second-order valence-electron chi connectivity index (χ2n) is 3.14. The number of esters is 1. The summed E-state index contributed by atoms with van der Waals surface area (Å²) in [4.78, 5) is 10.7. The molecule has 66 valence electrons. The molecule has 0 unspecified atom stereocenters. The molecule has 0 aromatic rings. The van der Waals surface area contributed by atoms with Gasteiger partial charge in [0.25, 0.3) is 0 Å². The number of rotatable bonds is 4. The van der Waals surface area contributed by atoms with E-state index in [1.54, 1.807) is 6.92 Å². The average Bonchev–Trinajstić information content (AvgIpc) is 1.85. The molecular weight excluding hydrogens is 160 g/mol. The summed E-state index contributed by atoms with van der Waals surface area (Å²) in [6.07, 6.45) is 1.24. The molecule has 0 saturated heterocycles. The summed E-state index contributed by atoms with van der Waals surface area (Å²) < 4.78 is 4.83. The van der Waals surface area contributed by atoms with Gasteiger partial charge in [-0.2, -0.15) is 12.6 Å². The lowest BCUT2D eigenvalue weighted by Crippen LogP contribution is -2.15. The molecule has 0 saturated carbocycles. The van der Waals surface area contributed by atoms with Crippen molar-refractivity contribution in [1.29, 1.82) is 0 Å². The molecule has 0 N–H and O–H groups in total. The summed E-state index contributed by atoms with van der Waals surface area (Å²) >= 11 is 4.30. The fourth-order valence-electron chi connectivity index (χ4n) is 0.517. The van der Waals surface area contributed by atoms with E-state index in [9.17, 15) is 4.79 Å². The minimum Gasteiger partial charge on any atom is -0.466 e. The number of carbonyl (C=O) groups is 1. The van der Waals surface area contributed by atoms with Crippen molar-refractivity contribution < 1.29 is 9.53 Å². The quantitative estimate of drug-likeness (QED) is 0.524. The topological polar surface area (TPSA) is 26.3 Å². The van der Waals surface area contributed by atoms with E-state index < -0.39 is 0 Å². The highest BCUT2D eigenvalue weighted by atomic mass is 32.1. The van der Waals surface area contributed by atoms with Crippen LogP contribution in [-0.4, -0.2) is 17.3 Å². The van der Waals surface area contributed by atoms with Gasteiger partial charge in [-0.15, -0.1) is 0 Å². The Hall–Kier alpha value is -0.180. The number of ether oxygens (including phenoxy) is 1. The second kappa shape index (κ2) is 4.65. The molecule has 0 rings (SSSR count). The van der Waals surface area contributed by atoms with E-state index in [1.807, 2.05) is 13.8 Å². The molecule has 0 aliphatic heterocycles. The zero-order chi connectivity index (χ0) is 8.91. The van der Waals surface area contributed by atoms with Crippen LogP contribution in [0.2, 0.25) is 0 Å². The van der Waals surface area contributed by atoms with Crippen molar-refractivity contribution in [2.24, 2.45) is 0 Å². The average molecular weight is 176 g/mol. The van der Waals surface area contributed by atoms with Crippen molar-refractivity contribution >= 4 is 18.6 Å². The maximum atomic E-state index is 10.7. The van der Waals surface area contributed by atoms with Crippen LogP contribution in [0, 0.1) is 0 Å². The highest BCUT2D eigenvalue weighted by Crippen LogP contribution is 2.16. The van der Waals surface area contributed by atoms with Gasteiger partial charge in [0.1, 0.15) is 0 Å². The van der Waals surface area contributed by atoms with Crippen molar-refractivity contribution in [2.45, 2.75) is 38.4 Å². The minimum atomic E-state index is -0.136. The minimum absolute atomic E-state index is 0.0476. The molecule has 0 aromatic heterocycles. The van der Waals surface area contributed by atoms with Crippen molar-refractivity contribution in [3.8, 4) is 0 Å². The summed E-state index contributed by atoms with van der Waals surface area (Å²) in [5, 5.41) is 0. The normalized spacial score (nSPS) is 11.3. The van der Waals surface area contributed by atoms with E-state index in [1.165, 1.54) is 0 Å². The maximum Gasteiger partial charge on any atom is 0.305 e. The molecule has 11 heavy (non-hydrogen) atoms.